The van der Waals surface area contributed by atoms with Gasteiger partial charge in [0.25, 0.3) is 0 Å². The van der Waals surface area contributed by atoms with Gasteiger partial charge in [0, 0.05) is 45.2 Å². The van der Waals surface area contributed by atoms with Crippen LogP contribution in [0.4, 0.5) is 0 Å². The maximum absolute atomic E-state index is 5.61. The molecule has 0 spiro atoms. The Morgan fingerprint density at radius 1 is 1.35 bits per heavy atom. The molecule has 2 N–H and O–H groups in total. The summed E-state index contributed by atoms with van der Waals surface area (Å²) in [6.45, 7) is 6.54. The second-order valence-electron chi connectivity index (χ2n) is 5.03. The molecule has 1 aromatic heterocycles. The predicted molar refractivity (Wildman–Crippen MR) is 82.0 cm³/mol. The third-order valence-electron chi connectivity index (χ3n) is 3.42. The molecule has 1 atom stereocenters. The zero-order valence-electron chi connectivity index (χ0n) is 12.3. The Bertz CT molecular complexity index is 383. The summed E-state index contributed by atoms with van der Waals surface area (Å²) >= 11 is 0. The molecular formula is C15H26N4O. The summed E-state index contributed by atoms with van der Waals surface area (Å²) in [7, 11) is 0. The van der Waals surface area contributed by atoms with Crippen LogP contribution in [-0.4, -0.2) is 42.9 Å². The monoisotopic (exact) mass is 278 g/mol. The molecule has 112 valence electrons. The SMILES string of the molecule is CCNC(=NCC[C@H]1CCCO1)NCCn1cccc1. The average molecular weight is 278 g/mol. The minimum absolute atomic E-state index is 0.418. The summed E-state index contributed by atoms with van der Waals surface area (Å²) in [5, 5.41) is 6.64. The lowest BCUT2D eigenvalue weighted by Gasteiger charge is -2.12. The van der Waals surface area contributed by atoms with Crippen LogP contribution < -0.4 is 10.6 Å². The van der Waals surface area contributed by atoms with Gasteiger partial charge in [0.15, 0.2) is 5.96 Å². The van der Waals surface area contributed by atoms with Crippen molar-refractivity contribution >= 4 is 5.96 Å². The van der Waals surface area contributed by atoms with E-state index in [-0.39, 0.29) is 0 Å². The number of guanidine groups is 1. The molecule has 0 aromatic carbocycles. The van der Waals surface area contributed by atoms with Crippen molar-refractivity contribution < 1.29 is 4.74 Å². The first-order valence-corrected chi connectivity index (χ1v) is 7.63. The van der Waals surface area contributed by atoms with Crippen LogP contribution in [0.1, 0.15) is 26.2 Å². The van der Waals surface area contributed by atoms with E-state index in [1.54, 1.807) is 0 Å². The van der Waals surface area contributed by atoms with Crippen LogP contribution in [-0.2, 0) is 11.3 Å². The minimum atomic E-state index is 0.418. The summed E-state index contributed by atoms with van der Waals surface area (Å²) in [6.07, 6.45) is 7.97. The number of aromatic nitrogens is 1. The number of hydrogen-bond acceptors (Lipinski definition) is 2. The fourth-order valence-corrected chi connectivity index (χ4v) is 2.36. The van der Waals surface area contributed by atoms with Gasteiger partial charge in [-0.3, -0.25) is 4.99 Å². The highest BCUT2D eigenvalue weighted by Gasteiger charge is 2.14. The molecule has 0 saturated carbocycles. The highest BCUT2D eigenvalue weighted by Crippen LogP contribution is 2.14. The van der Waals surface area contributed by atoms with Crippen LogP contribution in [0.2, 0.25) is 0 Å². The van der Waals surface area contributed by atoms with Gasteiger partial charge in [0.1, 0.15) is 0 Å². The predicted octanol–water partition coefficient (Wildman–Crippen LogP) is 1.61. The van der Waals surface area contributed by atoms with Crippen LogP contribution in [0.25, 0.3) is 0 Å². The molecule has 1 fully saturated rings. The zero-order chi connectivity index (χ0) is 14.0. The van der Waals surface area contributed by atoms with Crippen LogP contribution in [0.3, 0.4) is 0 Å². The number of rotatable bonds is 7. The molecule has 0 aliphatic carbocycles. The van der Waals surface area contributed by atoms with Crippen molar-refractivity contribution in [3.63, 3.8) is 0 Å². The van der Waals surface area contributed by atoms with Gasteiger partial charge in [-0.1, -0.05) is 0 Å². The summed E-state index contributed by atoms with van der Waals surface area (Å²) in [5.74, 6) is 0.901. The van der Waals surface area contributed by atoms with Gasteiger partial charge in [-0.15, -0.1) is 0 Å². The van der Waals surface area contributed by atoms with Gasteiger partial charge in [0.2, 0.25) is 0 Å². The van der Waals surface area contributed by atoms with Gasteiger partial charge in [-0.25, -0.2) is 0 Å². The Morgan fingerprint density at radius 2 is 2.20 bits per heavy atom. The normalized spacial score (nSPS) is 19.2. The van der Waals surface area contributed by atoms with Crippen molar-refractivity contribution in [3.05, 3.63) is 24.5 Å². The Hall–Kier alpha value is -1.49. The lowest BCUT2D eigenvalue weighted by Crippen LogP contribution is -2.39. The van der Waals surface area contributed by atoms with E-state index in [0.29, 0.717) is 6.10 Å². The molecule has 20 heavy (non-hydrogen) atoms. The maximum Gasteiger partial charge on any atom is 0.191 e. The molecule has 0 radical (unpaired) electrons. The van der Waals surface area contributed by atoms with Gasteiger partial charge in [0.05, 0.1) is 6.10 Å². The number of ether oxygens (including phenoxy) is 1. The number of nitrogens with zero attached hydrogens (tertiary/aromatic N) is 2. The first-order chi connectivity index (χ1) is 9.88. The Balaban J connectivity index is 1.67. The van der Waals surface area contributed by atoms with E-state index in [1.165, 1.54) is 12.8 Å². The van der Waals surface area contributed by atoms with Crippen LogP contribution in [0.5, 0.6) is 0 Å². The summed E-state index contributed by atoms with van der Waals surface area (Å²) in [5.41, 5.74) is 0. The second kappa shape index (κ2) is 8.64. The fourth-order valence-electron chi connectivity index (χ4n) is 2.36. The number of aliphatic imine (C=N–C) groups is 1. The van der Waals surface area contributed by atoms with Crippen molar-refractivity contribution in [3.8, 4) is 0 Å². The summed E-state index contributed by atoms with van der Waals surface area (Å²) < 4.78 is 7.77. The van der Waals surface area contributed by atoms with E-state index < -0.39 is 0 Å². The van der Waals surface area contributed by atoms with E-state index >= 15 is 0 Å². The number of hydrogen-bond donors (Lipinski definition) is 2. The quantitative estimate of drug-likeness (QED) is 0.588. The molecule has 1 aliphatic heterocycles. The maximum atomic E-state index is 5.61. The molecule has 5 nitrogen and oxygen atoms in total. The molecule has 2 heterocycles. The van der Waals surface area contributed by atoms with E-state index in [4.69, 9.17) is 4.74 Å². The van der Waals surface area contributed by atoms with Crippen molar-refractivity contribution in [1.82, 2.24) is 15.2 Å². The van der Waals surface area contributed by atoms with Gasteiger partial charge in [-0.2, -0.15) is 0 Å². The van der Waals surface area contributed by atoms with Crippen LogP contribution >= 0.6 is 0 Å². The van der Waals surface area contributed by atoms with Gasteiger partial charge in [-0.05, 0) is 38.3 Å². The highest BCUT2D eigenvalue weighted by molar-refractivity contribution is 5.79. The lowest BCUT2D eigenvalue weighted by molar-refractivity contribution is 0.106. The summed E-state index contributed by atoms with van der Waals surface area (Å²) in [4.78, 5) is 4.60. The van der Waals surface area contributed by atoms with E-state index in [1.807, 2.05) is 12.1 Å². The van der Waals surface area contributed by atoms with Crippen LogP contribution in [0.15, 0.2) is 29.5 Å². The molecule has 0 unspecified atom stereocenters. The first kappa shape index (κ1) is 14.9. The molecular weight excluding hydrogens is 252 g/mol. The van der Waals surface area contributed by atoms with Gasteiger partial charge >= 0.3 is 0 Å². The van der Waals surface area contributed by atoms with E-state index in [9.17, 15) is 0 Å². The topological polar surface area (TPSA) is 50.6 Å². The highest BCUT2D eigenvalue weighted by atomic mass is 16.5. The largest absolute Gasteiger partial charge is 0.378 e. The minimum Gasteiger partial charge on any atom is -0.378 e. The Labute approximate surface area is 121 Å². The third kappa shape index (κ3) is 5.25. The van der Waals surface area contributed by atoms with E-state index in [2.05, 4.69) is 39.5 Å². The molecule has 0 bridgehead atoms. The summed E-state index contributed by atoms with van der Waals surface area (Å²) in [6, 6.07) is 4.09. The fraction of sp³-hybridized carbons (Fsp3) is 0.667. The van der Waals surface area contributed by atoms with Crippen molar-refractivity contribution in [2.24, 2.45) is 4.99 Å². The van der Waals surface area contributed by atoms with Crippen LogP contribution in [0, 0.1) is 0 Å². The molecule has 1 aromatic rings. The standard InChI is InChI=1S/C15H26N4O/c1-2-16-15(17-8-7-14-6-5-13-20-14)18-9-12-19-10-3-4-11-19/h3-4,10-11,14H,2,5-9,12-13H2,1H3,(H2,16,17,18)/t14-/m1/s1. The molecule has 5 heteroatoms. The van der Waals surface area contributed by atoms with E-state index in [0.717, 1.165) is 45.2 Å². The zero-order valence-corrected chi connectivity index (χ0v) is 12.3. The Morgan fingerprint density at radius 3 is 2.90 bits per heavy atom. The molecule has 1 aliphatic rings. The Kier molecular flexibility index (Phi) is 6.44. The molecule has 2 rings (SSSR count). The van der Waals surface area contributed by atoms with Gasteiger partial charge < -0.3 is 19.9 Å². The third-order valence-corrected chi connectivity index (χ3v) is 3.42. The second-order valence-corrected chi connectivity index (χ2v) is 5.03. The number of nitrogens with one attached hydrogen (secondary N) is 2. The molecule has 1 saturated heterocycles. The van der Waals surface area contributed by atoms with Crippen molar-refractivity contribution in [2.45, 2.75) is 38.8 Å². The smallest absolute Gasteiger partial charge is 0.191 e. The lowest BCUT2D eigenvalue weighted by atomic mass is 10.2. The molecule has 0 amide bonds. The van der Waals surface area contributed by atoms with Crippen molar-refractivity contribution in [1.29, 1.82) is 0 Å². The average Bonchev–Trinajstić information content (AvgIpc) is 3.11. The van der Waals surface area contributed by atoms with Crippen molar-refractivity contribution in [2.75, 3.05) is 26.2 Å². The first-order valence-electron chi connectivity index (χ1n) is 7.63.